The lowest BCUT2D eigenvalue weighted by Crippen LogP contribution is -2.47. The van der Waals surface area contributed by atoms with Crippen LogP contribution in [0.3, 0.4) is 0 Å². The highest BCUT2D eigenvalue weighted by molar-refractivity contribution is 7.80. The highest BCUT2D eigenvalue weighted by Gasteiger charge is 2.28. The van der Waals surface area contributed by atoms with Gasteiger partial charge in [-0.3, -0.25) is 0 Å². The summed E-state index contributed by atoms with van der Waals surface area (Å²) in [5, 5.41) is 1.43. The third kappa shape index (κ3) is 4.95. The van der Waals surface area contributed by atoms with Crippen molar-refractivity contribution >= 4 is 25.9 Å². The molecular formula is C23H34OSSi. The molecule has 2 aromatic carbocycles. The molecule has 0 saturated carbocycles. The normalized spacial score (nSPS) is 13.0. The second-order valence-electron chi connectivity index (χ2n) is 9.91. The molecule has 3 heteroatoms. The van der Waals surface area contributed by atoms with E-state index in [0.29, 0.717) is 0 Å². The monoisotopic (exact) mass is 386 g/mol. The van der Waals surface area contributed by atoms with Crippen molar-refractivity contribution in [3.8, 4) is 5.75 Å². The summed E-state index contributed by atoms with van der Waals surface area (Å²) >= 11 is 4.88. The van der Waals surface area contributed by atoms with Crippen LogP contribution >= 0.6 is 12.6 Å². The van der Waals surface area contributed by atoms with Crippen LogP contribution in [0.2, 0.25) is 13.1 Å². The summed E-state index contributed by atoms with van der Waals surface area (Å²) in [7, 11) is -1.64. The van der Waals surface area contributed by atoms with E-state index in [1.807, 2.05) is 0 Å². The third-order valence-corrected chi connectivity index (χ3v) is 8.10. The number of rotatable bonds is 4. The fourth-order valence-corrected chi connectivity index (χ4v) is 5.66. The fourth-order valence-electron chi connectivity index (χ4n) is 3.07. The first-order valence-electron chi connectivity index (χ1n) is 9.39. The molecule has 0 unspecified atom stereocenters. The summed E-state index contributed by atoms with van der Waals surface area (Å²) < 4.78 is 6.38. The SMILES string of the molecule is CC(C)(C)c1cc(OC[Si](C)(C)c2ccccc2)cc(C(C)(C)C)c1S. The van der Waals surface area contributed by atoms with Gasteiger partial charge in [0.15, 0.2) is 0 Å². The second-order valence-corrected chi connectivity index (χ2v) is 15.0. The van der Waals surface area contributed by atoms with Gasteiger partial charge in [0, 0.05) is 4.90 Å². The number of hydrogen-bond acceptors (Lipinski definition) is 2. The van der Waals surface area contributed by atoms with Crippen LogP contribution in [-0.4, -0.2) is 14.3 Å². The maximum absolute atomic E-state index is 6.38. The van der Waals surface area contributed by atoms with E-state index in [4.69, 9.17) is 17.4 Å². The van der Waals surface area contributed by atoms with E-state index in [0.717, 1.165) is 16.9 Å². The van der Waals surface area contributed by atoms with E-state index in [1.54, 1.807) is 0 Å². The Balaban J connectivity index is 2.38. The van der Waals surface area contributed by atoms with Crippen molar-refractivity contribution in [2.75, 3.05) is 6.23 Å². The van der Waals surface area contributed by atoms with E-state index in [9.17, 15) is 0 Å². The lowest BCUT2D eigenvalue weighted by Gasteiger charge is -2.30. The third-order valence-electron chi connectivity index (χ3n) is 4.85. The van der Waals surface area contributed by atoms with Crippen molar-refractivity contribution in [2.24, 2.45) is 0 Å². The van der Waals surface area contributed by atoms with Crippen LogP contribution in [-0.2, 0) is 10.8 Å². The van der Waals surface area contributed by atoms with E-state index in [1.165, 1.54) is 16.3 Å². The van der Waals surface area contributed by atoms with Crippen molar-refractivity contribution in [1.29, 1.82) is 0 Å². The number of ether oxygens (including phenoxy) is 1. The van der Waals surface area contributed by atoms with Gasteiger partial charge in [0.05, 0.1) is 6.23 Å². The Kier molecular flexibility index (Phi) is 6.04. The number of hydrogen-bond donors (Lipinski definition) is 1. The average molecular weight is 387 g/mol. The smallest absolute Gasteiger partial charge is 0.124 e. The molecule has 0 aliphatic heterocycles. The minimum atomic E-state index is -1.64. The van der Waals surface area contributed by atoms with Gasteiger partial charge < -0.3 is 4.74 Å². The lowest BCUT2D eigenvalue weighted by molar-refractivity contribution is 0.375. The Morgan fingerprint density at radius 1 is 0.846 bits per heavy atom. The molecule has 2 aromatic rings. The van der Waals surface area contributed by atoms with Crippen molar-refractivity contribution in [3.05, 3.63) is 53.6 Å². The first kappa shape index (κ1) is 21.1. The van der Waals surface area contributed by atoms with Gasteiger partial charge in [0.25, 0.3) is 0 Å². The maximum atomic E-state index is 6.38. The second kappa shape index (κ2) is 7.44. The van der Waals surface area contributed by atoms with Crippen LogP contribution in [0.4, 0.5) is 0 Å². The molecule has 0 spiro atoms. The molecule has 0 fully saturated rings. The molecule has 0 atom stereocenters. The van der Waals surface area contributed by atoms with Crippen LogP contribution in [0.25, 0.3) is 0 Å². The fraction of sp³-hybridized carbons (Fsp3) is 0.478. The molecule has 0 heterocycles. The van der Waals surface area contributed by atoms with E-state index < -0.39 is 8.07 Å². The minimum absolute atomic E-state index is 0.0306. The summed E-state index contributed by atoms with van der Waals surface area (Å²) in [6, 6.07) is 15.1. The minimum Gasteiger partial charge on any atom is -0.497 e. The molecule has 26 heavy (non-hydrogen) atoms. The van der Waals surface area contributed by atoms with Gasteiger partial charge in [-0.15, -0.1) is 12.6 Å². The van der Waals surface area contributed by atoms with Gasteiger partial charge in [0.1, 0.15) is 13.8 Å². The quantitative estimate of drug-likeness (QED) is 0.493. The Morgan fingerprint density at radius 3 is 1.73 bits per heavy atom. The molecule has 0 bridgehead atoms. The summed E-state index contributed by atoms with van der Waals surface area (Å²) in [6.45, 7) is 18.2. The average Bonchev–Trinajstić information content (AvgIpc) is 2.52. The van der Waals surface area contributed by atoms with Gasteiger partial charge in [-0.2, -0.15) is 0 Å². The molecule has 1 nitrogen and oxygen atoms in total. The largest absolute Gasteiger partial charge is 0.497 e. The van der Waals surface area contributed by atoms with Crippen molar-refractivity contribution < 1.29 is 4.74 Å². The predicted octanol–water partition coefficient (Wildman–Crippen LogP) is 6.10. The van der Waals surface area contributed by atoms with Crippen LogP contribution < -0.4 is 9.92 Å². The number of benzene rings is 2. The Hall–Kier alpha value is -1.19. The summed E-state index contributed by atoms with van der Waals surface area (Å²) in [4.78, 5) is 1.09. The zero-order valence-electron chi connectivity index (χ0n) is 17.6. The molecule has 0 saturated heterocycles. The van der Waals surface area contributed by atoms with Gasteiger partial charge in [-0.05, 0) is 34.1 Å². The van der Waals surface area contributed by atoms with Crippen LogP contribution in [0, 0.1) is 0 Å². The molecule has 0 aliphatic rings. The van der Waals surface area contributed by atoms with Crippen molar-refractivity contribution in [1.82, 2.24) is 0 Å². The van der Waals surface area contributed by atoms with Crippen molar-refractivity contribution in [3.63, 3.8) is 0 Å². The highest BCUT2D eigenvalue weighted by atomic mass is 32.1. The zero-order valence-corrected chi connectivity index (χ0v) is 19.5. The first-order chi connectivity index (χ1) is 11.8. The molecular weight excluding hydrogens is 352 g/mol. The van der Waals surface area contributed by atoms with Gasteiger partial charge in [-0.1, -0.05) is 90.2 Å². The molecule has 0 aliphatic carbocycles. The van der Waals surface area contributed by atoms with Crippen LogP contribution in [0.1, 0.15) is 52.7 Å². The Labute approximate surface area is 166 Å². The van der Waals surface area contributed by atoms with Gasteiger partial charge in [0.2, 0.25) is 0 Å². The van der Waals surface area contributed by atoms with Gasteiger partial charge >= 0.3 is 0 Å². The first-order valence-corrected chi connectivity index (χ1v) is 13.0. The van der Waals surface area contributed by atoms with Crippen LogP contribution in [0.5, 0.6) is 5.75 Å². The zero-order chi connectivity index (χ0) is 19.8. The molecule has 0 N–H and O–H groups in total. The highest BCUT2D eigenvalue weighted by Crippen LogP contribution is 2.39. The molecule has 0 aromatic heterocycles. The molecule has 142 valence electrons. The molecule has 2 rings (SSSR count). The number of thiol groups is 1. The van der Waals surface area contributed by atoms with E-state index >= 15 is 0 Å². The summed E-state index contributed by atoms with van der Waals surface area (Å²) in [5.74, 6) is 0.967. The van der Waals surface area contributed by atoms with Gasteiger partial charge in [-0.25, -0.2) is 0 Å². The van der Waals surface area contributed by atoms with E-state index in [-0.39, 0.29) is 10.8 Å². The Bertz CT molecular complexity index is 717. The molecule has 0 radical (unpaired) electrons. The van der Waals surface area contributed by atoms with E-state index in [2.05, 4.69) is 97.1 Å². The lowest BCUT2D eigenvalue weighted by atomic mass is 9.80. The Morgan fingerprint density at radius 2 is 1.31 bits per heavy atom. The van der Waals surface area contributed by atoms with Crippen LogP contribution in [0.15, 0.2) is 47.4 Å². The van der Waals surface area contributed by atoms with Crippen molar-refractivity contribution in [2.45, 2.75) is 70.4 Å². The standard InChI is InChI=1S/C23H34OSSi/c1-22(2,3)19-14-17(15-20(21(19)25)23(4,5)6)24-16-26(7,8)18-12-10-9-11-13-18/h9-15,25H,16H2,1-8H3. The predicted molar refractivity (Wildman–Crippen MR) is 120 cm³/mol. The topological polar surface area (TPSA) is 9.23 Å². The molecule has 0 amide bonds. The maximum Gasteiger partial charge on any atom is 0.124 e. The summed E-state index contributed by atoms with van der Waals surface area (Å²) in [5.41, 5.74) is 2.57. The summed E-state index contributed by atoms with van der Waals surface area (Å²) in [6.07, 6.45) is 0.774.